The molecule has 0 radical (unpaired) electrons. The lowest BCUT2D eigenvalue weighted by Gasteiger charge is -1.93. The molecule has 0 saturated heterocycles. The van der Waals surface area contributed by atoms with E-state index in [4.69, 9.17) is 0 Å². The molecule has 0 saturated carbocycles. The summed E-state index contributed by atoms with van der Waals surface area (Å²) in [4.78, 5) is 0. The molecule has 1 nitrogen and oxygen atoms in total. The lowest BCUT2D eigenvalue weighted by atomic mass is 10.4. The molecule has 0 aromatic carbocycles. The highest BCUT2D eigenvalue weighted by molar-refractivity contribution is 5.05. The van der Waals surface area contributed by atoms with Crippen LogP contribution in [-0.2, 0) is 0 Å². The van der Waals surface area contributed by atoms with Gasteiger partial charge in [0.15, 0.2) is 5.95 Å². The van der Waals surface area contributed by atoms with Crippen LogP contribution in [0.25, 0.3) is 0 Å². The van der Waals surface area contributed by atoms with Crippen molar-refractivity contribution in [1.29, 1.82) is 0 Å². The van der Waals surface area contributed by atoms with E-state index >= 15 is 0 Å². The Labute approximate surface area is 80.7 Å². The van der Waals surface area contributed by atoms with E-state index in [1.165, 1.54) is 6.08 Å². The minimum atomic E-state index is -0.335. The Morgan fingerprint density at radius 3 is 2.54 bits per heavy atom. The Kier molecular flexibility index (Phi) is 14.7. The first-order valence-electron chi connectivity index (χ1n) is 4.43. The summed E-state index contributed by atoms with van der Waals surface area (Å²) in [5.41, 5.74) is 0. The molecule has 0 heterocycles. The molecule has 0 aliphatic carbocycles. The molecule has 0 bridgehead atoms. The van der Waals surface area contributed by atoms with Gasteiger partial charge in [-0.1, -0.05) is 31.8 Å². The van der Waals surface area contributed by atoms with Gasteiger partial charge < -0.3 is 5.32 Å². The fourth-order valence-electron chi connectivity index (χ4n) is 0.438. The van der Waals surface area contributed by atoms with Crippen LogP contribution < -0.4 is 5.32 Å². The van der Waals surface area contributed by atoms with Crippen LogP contribution in [-0.4, -0.2) is 6.54 Å². The lowest BCUT2D eigenvalue weighted by Crippen LogP contribution is -2.09. The molecule has 1 N–H and O–H groups in total. The van der Waals surface area contributed by atoms with Crippen LogP contribution in [0, 0.1) is 11.8 Å². The summed E-state index contributed by atoms with van der Waals surface area (Å²) < 4.78 is 12.3. The fraction of sp³-hybridized carbons (Fsp3) is 0.455. The molecule has 2 heteroatoms. The molecular weight excluding hydrogens is 165 g/mol. The molecule has 0 amide bonds. The zero-order valence-corrected chi connectivity index (χ0v) is 8.65. The summed E-state index contributed by atoms with van der Waals surface area (Å²) >= 11 is 0. The van der Waals surface area contributed by atoms with Crippen LogP contribution in [0.3, 0.4) is 0 Å². The number of hydrogen-bond donors (Lipinski definition) is 1. The third kappa shape index (κ3) is 13.7. The Hall–Kier alpha value is -1.23. The van der Waals surface area contributed by atoms with Crippen molar-refractivity contribution >= 4 is 0 Å². The molecule has 0 fully saturated rings. The largest absolute Gasteiger partial charge is 0.351 e. The Morgan fingerprint density at radius 1 is 1.46 bits per heavy atom. The standard InChI is InChI=1S/C9H12FN.C2H6/c1-3-5-6-7-8-11-9(10)4-2;1-2/h3-4,11H,1,5,8H2,2H3;1-2H3/b9-4-;. The first kappa shape index (κ1) is 14.3. The average molecular weight is 183 g/mol. The monoisotopic (exact) mass is 183 g/mol. The number of nitrogens with one attached hydrogen (secondary N) is 1. The smallest absolute Gasteiger partial charge is 0.183 e. The molecule has 13 heavy (non-hydrogen) atoms. The maximum atomic E-state index is 12.3. The molecule has 0 rings (SSSR count). The lowest BCUT2D eigenvalue weighted by molar-refractivity contribution is 0.560. The van der Waals surface area contributed by atoms with E-state index in [2.05, 4.69) is 23.7 Å². The maximum absolute atomic E-state index is 12.3. The van der Waals surface area contributed by atoms with Gasteiger partial charge in [0.05, 0.1) is 6.54 Å². The molecule has 0 unspecified atom stereocenters. The molecule has 74 valence electrons. The van der Waals surface area contributed by atoms with Crippen LogP contribution in [0.15, 0.2) is 24.7 Å². The minimum absolute atomic E-state index is 0.335. The highest BCUT2D eigenvalue weighted by Gasteiger charge is 1.83. The van der Waals surface area contributed by atoms with Crippen LogP contribution in [0.4, 0.5) is 4.39 Å². The van der Waals surface area contributed by atoms with Gasteiger partial charge in [0, 0.05) is 6.42 Å². The second-order valence-corrected chi connectivity index (χ2v) is 1.84. The molecule has 0 aromatic rings. The Bertz CT molecular complexity index is 196. The van der Waals surface area contributed by atoms with Crippen molar-refractivity contribution in [3.05, 3.63) is 24.7 Å². The summed E-state index contributed by atoms with van der Waals surface area (Å²) in [6.45, 7) is 9.48. The zero-order valence-electron chi connectivity index (χ0n) is 8.65. The topological polar surface area (TPSA) is 12.0 Å². The maximum Gasteiger partial charge on any atom is 0.183 e. The molecular formula is C11H18FN. The summed E-state index contributed by atoms with van der Waals surface area (Å²) in [6, 6.07) is 0. The molecule has 0 spiro atoms. The quantitative estimate of drug-likeness (QED) is 0.403. The van der Waals surface area contributed by atoms with Crippen LogP contribution in [0.1, 0.15) is 27.2 Å². The Balaban J connectivity index is 0. The first-order chi connectivity index (χ1) is 6.31. The third-order valence-electron chi connectivity index (χ3n) is 0.971. The van der Waals surface area contributed by atoms with Gasteiger partial charge in [-0.15, -0.1) is 6.58 Å². The molecule has 0 aliphatic rings. The number of rotatable bonds is 3. The predicted molar refractivity (Wildman–Crippen MR) is 56.8 cm³/mol. The van der Waals surface area contributed by atoms with Crippen molar-refractivity contribution in [2.75, 3.05) is 6.54 Å². The summed E-state index contributed by atoms with van der Waals surface area (Å²) in [7, 11) is 0. The summed E-state index contributed by atoms with van der Waals surface area (Å²) in [5.74, 6) is 5.19. The van der Waals surface area contributed by atoms with Crippen LogP contribution >= 0.6 is 0 Å². The van der Waals surface area contributed by atoms with E-state index in [-0.39, 0.29) is 5.95 Å². The number of hydrogen-bond acceptors (Lipinski definition) is 1. The first-order valence-corrected chi connectivity index (χ1v) is 4.43. The summed E-state index contributed by atoms with van der Waals surface area (Å²) in [5, 5.41) is 2.48. The normalized spacial score (nSPS) is 8.77. The van der Waals surface area contributed by atoms with E-state index in [9.17, 15) is 4.39 Å². The second-order valence-electron chi connectivity index (χ2n) is 1.84. The van der Waals surface area contributed by atoms with E-state index in [1.54, 1.807) is 13.0 Å². The zero-order chi connectivity index (χ0) is 10.5. The molecule has 0 aromatic heterocycles. The highest BCUT2D eigenvalue weighted by atomic mass is 19.1. The fourth-order valence-corrected chi connectivity index (χ4v) is 0.438. The van der Waals surface area contributed by atoms with Gasteiger partial charge in [0.2, 0.25) is 0 Å². The molecule has 0 aliphatic heterocycles. The van der Waals surface area contributed by atoms with E-state index in [1.807, 2.05) is 13.8 Å². The van der Waals surface area contributed by atoms with E-state index < -0.39 is 0 Å². The van der Waals surface area contributed by atoms with Crippen molar-refractivity contribution in [3.63, 3.8) is 0 Å². The number of halogens is 1. The second kappa shape index (κ2) is 13.4. The van der Waals surface area contributed by atoms with E-state index in [0.717, 1.165) is 0 Å². The van der Waals surface area contributed by atoms with Gasteiger partial charge in [-0.2, -0.15) is 4.39 Å². The SMILES string of the molecule is C=CCC#CCN/C(F)=C\C.CC. The third-order valence-corrected chi connectivity index (χ3v) is 0.971. The summed E-state index contributed by atoms with van der Waals surface area (Å²) in [6.07, 6.45) is 3.72. The van der Waals surface area contributed by atoms with Crippen LogP contribution in [0.2, 0.25) is 0 Å². The van der Waals surface area contributed by atoms with Crippen molar-refractivity contribution < 1.29 is 4.39 Å². The van der Waals surface area contributed by atoms with Crippen molar-refractivity contribution in [2.24, 2.45) is 0 Å². The van der Waals surface area contributed by atoms with Crippen molar-refractivity contribution in [1.82, 2.24) is 5.32 Å². The van der Waals surface area contributed by atoms with Crippen molar-refractivity contribution in [2.45, 2.75) is 27.2 Å². The van der Waals surface area contributed by atoms with Gasteiger partial charge >= 0.3 is 0 Å². The van der Waals surface area contributed by atoms with Crippen LogP contribution in [0.5, 0.6) is 0 Å². The van der Waals surface area contributed by atoms with Gasteiger partial charge in [0.1, 0.15) is 0 Å². The predicted octanol–water partition coefficient (Wildman–Crippen LogP) is 3.01. The van der Waals surface area contributed by atoms with Gasteiger partial charge in [-0.05, 0) is 13.0 Å². The van der Waals surface area contributed by atoms with Gasteiger partial charge in [-0.25, -0.2) is 0 Å². The minimum Gasteiger partial charge on any atom is -0.351 e. The van der Waals surface area contributed by atoms with E-state index in [0.29, 0.717) is 13.0 Å². The average Bonchev–Trinajstić information content (AvgIpc) is 2.20. The number of allylic oxidation sites excluding steroid dienone is 2. The molecule has 0 atom stereocenters. The Morgan fingerprint density at radius 2 is 2.08 bits per heavy atom. The van der Waals surface area contributed by atoms with Crippen molar-refractivity contribution in [3.8, 4) is 11.8 Å². The highest BCUT2D eigenvalue weighted by Crippen LogP contribution is 1.86. The van der Waals surface area contributed by atoms with Gasteiger partial charge in [0.25, 0.3) is 0 Å². The van der Waals surface area contributed by atoms with Gasteiger partial charge in [-0.3, -0.25) is 0 Å².